The Morgan fingerprint density at radius 2 is 1.53 bits per heavy atom. The van der Waals surface area contributed by atoms with Crippen molar-refractivity contribution in [3.63, 3.8) is 0 Å². The maximum atomic E-state index is 6.00. The summed E-state index contributed by atoms with van der Waals surface area (Å²) >= 11 is 0. The summed E-state index contributed by atoms with van der Waals surface area (Å²) in [6.45, 7) is 4.40. The molecule has 4 heteroatoms. The molecule has 2 fully saturated rings. The molecule has 3 rings (SSSR count). The van der Waals surface area contributed by atoms with E-state index in [1.54, 1.807) is 0 Å². The number of nitrogens with zero attached hydrogens (tertiary/aromatic N) is 1. The van der Waals surface area contributed by atoms with Gasteiger partial charge in [-0.15, -0.1) is 0 Å². The fraction of sp³-hybridized carbons (Fsp3) is 0.769. The summed E-state index contributed by atoms with van der Waals surface area (Å²) in [6, 6.07) is 0. The molecular weight excluding hydrogens is 214 g/mol. The summed E-state index contributed by atoms with van der Waals surface area (Å²) in [5.41, 5.74) is 0. The minimum Gasteiger partial charge on any atom is -0.445 e. The molecule has 0 unspecified atom stereocenters. The van der Waals surface area contributed by atoms with Gasteiger partial charge in [-0.05, 0) is 51.9 Å². The van der Waals surface area contributed by atoms with Crippen molar-refractivity contribution in [3.05, 3.63) is 17.8 Å². The van der Waals surface area contributed by atoms with E-state index in [2.05, 4.69) is 15.6 Å². The summed E-state index contributed by atoms with van der Waals surface area (Å²) < 4.78 is 6.00. The summed E-state index contributed by atoms with van der Waals surface area (Å²) in [4.78, 5) is 4.50. The largest absolute Gasteiger partial charge is 0.445 e. The molecule has 0 atom stereocenters. The minimum atomic E-state index is 0.534. The first-order valence-corrected chi connectivity index (χ1v) is 6.80. The normalized spacial score (nSPS) is 24.0. The van der Waals surface area contributed by atoms with Crippen LogP contribution in [0.2, 0.25) is 0 Å². The highest BCUT2D eigenvalue weighted by Crippen LogP contribution is 2.30. The Bertz CT molecular complexity index is 319. The summed E-state index contributed by atoms with van der Waals surface area (Å²) in [5.74, 6) is 3.20. The average Bonchev–Trinajstić information content (AvgIpc) is 2.90. The van der Waals surface area contributed by atoms with E-state index >= 15 is 0 Å². The number of aromatic nitrogens is 1. The Labute approximate surface area is 102 Å². The molecule has 1 aromatic heterocycles. The van der Waals surface area contributed by atoms with E-state index in [9.17, 15) is 0 Å². The second-order valence-electron chi connectivity index (χ2n) is 5.15. The minimum absolute atomic E-state index is 0.534. The molecule has 0 aliphatic carbocycles. The van der Waals surface area contributed by atoms with Crippen LogP contribution in [0.25, 0.3) is 0 Å². The Morgan fingerprint density at radius 1 is 0.941 bits per heavy atom. The standard InChI is InChI=1S/C13H21N3O/c1-5-14-6-2-10(1)12-9-16-13(17-12)11-3-7-15-8-4-11/h9-11,14-15H,1-8H2. The van der Waals surface area contributed by atoms with Crippen LogP contribution in [0.1, 0.15) is 49.2 Å². The van der Waals surface area contributed by atoms with Crippen molar-refractivity contribution >= 4 is 0 Å². The second-order valence-corrected chi connectivity index (χ2v) is 5.15. The predicted octanol–water partition coefficient (Wildman–Crippen LogP) is 1.61. The maximum absolute atomic E-state index is 6.00. The smallest absolute Gasteiger partial charge is 0.197 e. The van der Waals surface area contributed by atoms with Crippen molar-refractivity contribution < 1.29 is 4.42 Å². The molecule has 2 aliphatic heterocycles. The Hall–Kier alpha value is -0.870. The number of hydrogen-bond acceptors (Lipinski definition) is 4. The summed E-state index contributed by atoms with van der Waals surface area (Å²) in [5, 5.41) is 6.76. The first kappa shape index (κ1) is 11.2. The highest BCUT2D eigenvalue weighted by molar-refractivity contribution is 5.06. The molecule has 2 aliphatic rings. The molecule has 2 saturated heterocycles. The highest BCUT2D eigenvalue weighted by atomic mass is 16.4. The average molecular weight is 235 g/mol. The number of oxazole rings is 1. The summed E-state index contributed by atoms with van der Waals surface area (Å²) in [7, 11) is 0. The molecule has 0 saturated carbocycles. The van der Waals surface area contributed by atoms with Crippen LogP contribution in [0.5, 0.6) is 0 Å². The number of rotatable bonds is 2. The van der Waals surface area contributed by atoms with Crippen molar-refractivity contribution in [2.45, 2.75) is 37.5 Å². The van der Waals surface area contributed by atoms with Gasteiger partial charge in [-0.3, -0.25) is 0 Å². The van der Waals surface area contributed by atoms with E-state index in [1.807, 2.05) is 6.20 Å². The third-order valence-electron chi connectivity index (χ3n) is 3.97. The van der Waals surface area contributed by atoms with Crippen LogP contribution in [-0.2, 0) is 0 Å². The van der Waals surface area contributed by atoms with Gasteiger partial charge in [0.25, 0.3) is 0 Å². The maximum Gasteiger partial charge on any atom is 0.197 e. The van der Waals surface area contributed by atoms with Crippen molar-refractivity contribution in [1.82, 2.24) is 15.6 Å². The fourth-order valence-corrected chi connectivity index (χ4v) is 2.85. The SMILES string of the molecule is c1nc(C2CCNCC2)oc1C1CCNCC1. The Kier molecular flexibility index (Phi) is 3.43. The van der Waals surface area contributed by atoms with Gasteiger partial charge < -0.3 is 15.1 Å². The Morgan fingerprint density at radius 3 is 2.18 bits per heavy atom. The van der Waals surface area contributed by atoms with E-state index in [0.29, 0.717) is 11.8 Å². The number of hydrogen-bond donors (Lipinski definition) is 2. The van der Waals surface area contributed by atoms with E-state index in [0.717, 1.165) is 50.7 Å². The first-order chi connectivity index (χ1) is 8.43. The zero-order chi connectivity index (χ0) is 11.5. The summed E-state index contributed by atoms with van der Waals surface area (Å²) in [6.07, 6.45) is 6.65. The number of nitrogens with one attached hydrogen (secondary N) is 2. The molecule has 94 valence electrons. The van der Waals surface area contributed by atoms with Gasteiger partial charge in [0.2, 0.25) is 0 Å². The van der Waals surface area contributed by atoms with E-state index in [-0.39, 0.29) is 0 Å². The molecule has 0 aromatic carbocycles. The van der Waals surface area contributed by atoms with Crippen molar-refractivity contribution in [2.75, 3.05) is 26.2 Å². The van der Waals surface area contributed by atoms with Gasteiger partial charge in [0.15, 0.2) is 5.89 Å². The van der Waals surface area contributed by atoms with Gasteiger partial charge >= 0.3 is 0 Å². The molecule has 0 amide bonds. The molecule has 2 N–H and O–H groups in total. The molecule has 0 spiro atoms. The Balaban J connectivity index is 1.68. The van der Waals surface area contributed by atoms with Crippen LogP contribution >= 0.6 is 0 Å². The van der Waals surface area contributed by atoms with Crippen LogP contribution in [0.4, 0.5) is 0 Å². The topological polar surface area (TPSA) is 50.1 Å². The molecule has 0 bridgehead atoms. The third kappa shape index (κ3) is 2.53. The van der Waals surface area contributed by atoms with Crippen molar-refractivity contribution in [1.29, 1.82) is 0 Å². The zero-order valence-corrected chi connectivity index (χ0v) is 10.2. The highest BCUT2D eigenvalue weighted by Gasteiger charge is 2.23. The van der Waals surface area contributed by atoms with Crippen LogP contribution in [0.3, 0.4) is 0 Å². The molecule has 17 heavy (non-hydrogen) atoms. The van der Waals surface area contributed by atoms with E-state index in [1.165, 1.54) is 12.8 Å². The van der Waals surface area contributed by atoms with E-state index < -0.39 is 0 Å². The van der Waals surface area contributed by atoms with Gasteiger partial charge in [0.1, 0.15) is 5.76 Å². The predicted molar refractivity (Wildman–Crippen MR) is 66.2 cm³/mol. The zero-order valence-electron chi connectivity index (χ0n) is 10.2. The monoisotopic (exact) mass is 235 g/mol. The third-order valence-corrected chi connectivity index (χ3v) is 3.97. The van der Waals surface area contributed by atoms with Crippen LogP contribution < -0.4 is 10.6 Å². The lowest BCUT2D eigenvalue weighted by atomic mass is 9.96. The molecule has 3 heterocycles. The van der Waals surface area contributed by atoms with Gasteiger partial charge in [-0.25, -0.2) is 4.98 Å². The molecule has 4 nitrogen and oxygen atoms in total. The van der Waals surface area contributed by atoms with Crippen molar-refractivity contribution in [3.8, 4) is 0 Å². The van der Waals surface area contributed by atoms with Crippen LogP contribution in [-0.4, -0.2) is 31.2 Å². The van der Waals surface area contributed by atoms with Crippen LogP contribution in [0, 0.1) is 0 Å². The quantitative estimate of drug-likeness (QED) is 0.817. The molecule has 1 aromatic rings. The van der Waals surface area contributed by atoms with Crippen LogP contribution in [0.15, 0.2) is 10.6 Å². The number of piperidine rings is 2. The first-order valence-electron chi connectivity index (χ1n) is 6.80. The molecular formula is C13H21N3O. The lowest BCUT2D eigenvalue weighted by Gasteiger charge is -2.21. The second kappa shape index (κ2) is 5.19. The van der Waals surface area contributed by atoms with Crippen molar-refractivity contribution in [2.24, 2.45) is 0 Å². The lowest BCUT2D eigenvalue weighted by molar-refractivity contribution is 0.331. The molecule has 0 radical (unpaired) electrons. The van der Waals surface area contributed by atoms with Gasteiger partial charge in [-0.2, -0.15) is 0 Å². The van der Waals surface area contributed by atoms with Gasteiger partial charge in [0.05, 0.1) is 6.20 Å². The fourth-order valence-electron chi connectivity index (χ4n) is 2.85. The van der Waals surface area contributed by atoms with E-state index in [4.69, 9.17) is 4.42 Å². The van der Waals surface area contributed by atoms with Gasteiger partial charge in [0, 0.05) is 11.8 Å². The van der Waals surface area contributed by atoms with Gasteiger partial charge in [-0.1, -0.05) is 0 Å². The lowest BCUT2D eigenvalue weighted by Crippen LogP contribution is -2.27.